The average Bonchev–Trinajstić information content (AvgIpc) is 2.76. The van der Waals surface area contributed by atoms with E-state index in [1.165, 1.54) is 12.1 Å². The van der Waals surface area contributed by atoms with Crippen LogP contribution in [0, 0.1) is 6.92 Å². The van der Waals surface area contributed by atoms with Crippen LogP contribution in [-0.2, 0) is 21.4 Å². The Morgan fingerprint density at radius 3 is 2.36 bits per heavy atom. The second-order valence-corrected chi connectivity index (χ2v) is 11.3. The molecule has 0 aliphatic heterocycles. The van der Waals surface area contributed by atoms with Gasteiger partial charge in [0.25, 0.3) is 0 Å². The summed E-state index contributed by atoms with van der Waals surface area (Å²) < 4.78 is 28.9. The predicted octanol–water partition coefficient (Wildman–Crippen LogP) is 6.13. The first kappa shape index (κ1) is 25.7. The van der Waals surface area contributed by atoms with Crippen molar-refractivity contribution in [1.82, 2.24) is 9.62 Å². The fourth-order valence-electron chi connectivity index (χ4n) is 3.23. The zero-order valence-electron chi connectivity index (χ0n) is 18.1. The minimum atomic E-state index is -3.95. The van der Waals surface area contributed by atoms with Crippen molar-refractivity contribution in [3.05, 3.63) is 97.9 Å². The van der Waals surface area contributed by atoms with E-state index in [4.69, 9.17) is 23.2 Å². The molecule has 9 heteroatoms. The summed E-state index contributed by atoms with van der Waals surface area (Å²) in [7, 11) is -3.95. The topological polar surface area (TPSA) is 66.5 Å². The lowest BCUT2D eigenvalue weighted by molar-refractivity contribution is -0.122. The molecule has 3 rings (SSSR count). The maximum Gasteiger partial charge on any atom is 0.243 e. The first-order valence-corrected chi connectivity index (χ1v) is 13.1. The molecular weight excluding hydrogens is 547 g/mol. The van der Waals surface area contributed by atoms with Crippen LogP contribution in [0.2, 0.25) is 10.0 Å². The molecule has 5 nitrogen and oxygen atoms in total. The van der Waals surface area contributed by atoms with Gasteiger partial charge in [-0.2, -0.15) is 4.31 Å². The van der Waals surface area contributed by atoms with Gasteiger partial charge in [-0.25, -0.2) is 8.42 Å². The number of sulfonamides is 1. The van der Waals surface area contributed by atoms with Gasteiger partial charge in [0, 0.05) is 11.0 Å². The zero-order valence-corrected chi connectivity index (χ0v) is 22.0. The van der Waals surface area contributed by atoms with Crippen LogP contribution in [0.5, 0.6) is 0 Å². The van der Waals surface area contributed by atoms with Gasteiger partial charge in [0.2, 0.25) is 15.9 Å². The van der Waals surface area contributed by atoms with Crippen LogP contribution in [0.25, 0.3) is 0 Å². The molecule has 3 aromatic rings. The molecule has 0 saturated carbocycles. The minimum absolute atomic E-state index is 0.0359. The SMILES string of the molecule is Cc1ccc(S(=O)(=O)N(CC(=O)N[C@H](C)c2cccc(Br)c2)Cc2ccc(Cl)c(Cl)c2)cc1. The maximum absolute atomic E-state index is 13.4. The number of carbonyl (C=O) groups excluding carboxylic acids is 1. The summed E-state index contributed by atoms with van der Waals surface area (Å²) in [5.41, 5.74) is 2.45. The summed E-state index contributed by atoms with van der Waals surface area (Å²) in [6, 6.07) is 18.7. The molecule has 0 fully saturated rings. The Labute approximate surface area is 212 Å². The molecule has 1 amide bonds. The normalized spacial score (nSPS) is 12.5. The quantitative estimate of drug-likeness (QED) is 0.355. The van der Waals surface area contributed by atoms with Crippen molar-refractivity contribution in [1.29, 1.82) is 0 Å². The van der Waals surface area contributed by atoms with Crippen molar-refractivity contribution >= 4 is 55.1 Å². The predicted molar refractivity (Wildman–Crippen MR) is 136 cm³/mol. The van der Waals surface area contributed by atoms with Gasteiger partial charge in [0.1, 0.15) is 0 Å². The van der Waals surface area contributed by atoms with E-state index >= 15 is 0 Å². The van der Waals surface area contributed by atoms with Gasteiger partial charge in [0.05, 0.1) is 27.5 Å². The fourth-order valence-corrected chi connectivity index (χ4v) is 5.36. The van der Waals surface area contributed by atoms with Crippen LogP contribution in [0.15, 0.2) is 76.1 Å². The number of rotatable bonds is 8. The number of aryl methyl sites for hydroxylation is 1. The smallest absolute Gasteiger partial charge is 0.243 e. The summed E-state index contributed by atoms with van der Waals surface area (Å²) >= 11 is 15.5. The van der Waals surface area contributed by atoms with Crippen LogP contribution in [0.1, 0.15) is 29.7 Å². The molecule has 0 aliphatic rings. The number of carbonyl (C=O) groups is 1. The summed E-state index contributed by atoms with van der Waals surface area (Å²) in [4.78, 5) is 13.0. The summed E-state index contributed by atoms with van der Waals surface area (Å²) in [6.45, 7) is 3.33. The summed E-state index contributed by atoms with van der Waals surface area (Å²) in [6.07, 6.45) is 0. The van der Waals surface area contributed by atoms with E-state index in [1.807, 2.05) is 38.1 Å². The Bertz CT molecular complexity index is 1250. The molecular formula is C24H23BrCl2N2O3S. The number of hydrogen-bond acceptors (Lipinski definition) is 3. The molecule has 0 aromatic heterocycles. The highest BCUT2D eigenvalue weighted by Gasteiger charge is 2.27. The molecule has 3 aromatic carbocycles. The Morgan fingerprint density at radius 1 is 1.03 bits per heavy atom. The number of benzene rings is 3. The third kappa shape index (κ3) is 6.80. The van der Waals surface area contributed by atoms with E-state index in [9.17, 15) is 13.2 Å². The first-order chi connectivity index (χ1) is 15.6. The average molecular weight is 570 g/mol. The van der Waals surface area contributed by atoms with E-state index in [1.54, 1.807) is 30.3 Å². The minimum Gasteiger partial charge on any atom is -0.348 e. The molecule has 0 aliphatic carbocycles. The molecule has 0 radical (unpaired) electrons. The van der Waals surface area contributed by atoms with E-state index in [0.29, 0.717) is 15.6 Å². The first-order valence-electron chi connectivity index (χ1n) is 10.1. The fraction of sp³-hybridized carbons (Fsp3) is 0.208. The molecule has 1 atom stereocenters. The van der Waals surface area contributed by atoms with E-state index in [-0.39, 0.29) is 24.0 Å². The van der Waals surface area contributed by atoms with Crippen molar-refractivity contribution in [3.8, 4) is 0 Å². The highest BCUT2D eigenvalue weighted by Crippen LogP contribution is 2.25. The van der Waals surface area contributed by atoms with Gasteiger partial charge in [-0.15, -0.1) is 0 Å². The highest BCUT2D eigenvalue weighted by molar-refractivity contribution is 9.10. The lowest BCUT2D eigenvalue weighted by Crippen LogP contribution is -2.41. The number of halogens is 3. The van der Waals surface area contributed by atoms with Gasteiger partial charge in [-0.05, 0) is 61.4 Å². The van der Waals surface area contributed by atoms with Gasteiger partial charge in [-0.1, -0.05) is 75.0 Å². The highest BCUT2D eigenvalue weighted by atomic mass is 79.9. The number of hydrogen-bond donors (Lipinski definition) is 1. The van der Waals surface area contributed by atoms with Gasteiger partial charge < -0.3 is 5.32 Å². The monoisotopic (exact) mass is 568 g/mol. The lowest BCUT2D eigenvalue weighted by atomic mass is 10.1. The maximum atomic E-state index is 13.4. The third-order valence-corrected chi connectivity index (χ3v) is 8.09. The molecule has 174 valence electrons. The summed E-state index contributed by atoms with van der Waals surface area (Å²) in [5, 5.41) is 3.56. The van der Waals surface area contributed by atoms with E-state index < -0.39 is 15.9 Å². The lowest BCUT2D eigenvalue weighted by Gasteiger charge is -2.23. The molecule has 1 N–H and O–H groups in total. The third-order valence-electron chi connectivity index (χ3n) is 5.05. The van der Waals surface area contributed by atoms with Crippen LogP contribution in [0.4, 0.5) is 0 Å². The second kappa shape index (κ2) is 11.0. The number of nitrogens with one attached hydrogen (secondary N) is 1. The Kier molecular flexibility index (Phi) is 8.59. The second-order valence-electron chi connectivity index (χ2n) is 7.68. The van der Waals surface area contributed by atoms with Crippen molar-refractivity contribution in [2.24, 2.45) is 0 Å². The number of amides is 1. The molecule has 0 unspecified atom stereocenters. The van der Waals surface area contributed by atoms with Crippen molar-refractivity contribution < 1.29 is 13.2 Å². The zero-order chi connectivity index (χ0) is 24.2. The molecule has 0 heterocycles. The molecule has 0 spiro atoms. The Hall–Kier alpha value is -1.90. The van der Waals surface area contributed by atoms with E-state index in [2.05, 4.69) is 21.2 Å². The van der Waals surface area contributed by atoms with Crippen LogP contribution in [-0.4, -0.2) is 25.2 Å². The molecule has 33 heavy (non-hydrogen) atoms. The van der Waals surface area contributed by atoms with Crippen LogP contribution < -0.4 is 5.32 Å². The van der Waals surface area contributed by atoms with Gasteiger partial charge in [0.15, 0.2) is 0 Å². The Morgan fingerprint density at radius 2 is 1.73 bits per heavy atom. The Balaban J connectivity index is 1.86. The van der Waals surface area contributed by atoms with Gasteiger partial charge in [-0.3, -0.25) is 4.79 Å². The van der Waals surface area contributed by atoms with Gasteiger partial charge >= 0.3 is 0 Å². The van der Waals surface area contributed by atoms with Crippen molar-refractivity contribution in [2.45, 2.75) is 31.3 Å². The van der Waals surface area contributed by atoms with Crippen molar-refractivity contribution in [2.75, 3.05) is 6.54 Å². The van der Waals surface area contributed by atoms with Crippen LogP contribution >= 0.6 is 39.1 Å². The van der Waals surface area contributed by atoms with Crippen LogP contribution in [0.3, 0.4) is 0 Å². The van der Waals surface area contributed by atoms with E-state index in [0.717, 1.165) is 19.9 Å². The van der Waals surface area contributed by atoms with Crippen molar-refractivity contribution in [3.63, 3.8) is 0 Å². The molecule has 0 bridgehead atoms. The largest absolute Gasteiger partial charge is 0.348 e. The molecule has 0 saturated heterocycles. The summed E-state index contributed by atoms with van der Waals surface area (Å²) in [5.74, 6) is -0.418. The number of nitrogens with zero attached hydrogens (tertiary/aromatic N) is 1. The standard InChI is InChI=1S/C24H23BrCl2N2O3S/c1-16-6-9-21(10-7-16)33(31,32)29(14-18-8-11-22(26)23(27)12-18)15-24(30)28-17(2)19-4-3-5-20(25)13-19/h3-13,17H,14-15H2,1-2H3,(H,28,30)/t17-/m1/s1.